The van der Waals surface area contributed by atoms with E-state index >= 15 is 0 Å². The molecule has 0 aliphatic carbocycles. The summed E-state index contributed by atoms with van der Waals surface area (Å²) in [4.78, 5) is 5.75. The lowest BCUT2D eigenvalue weighted by atomic mass is 9.68. The molecule has 0 saturated carbocycles. The predicted octanol–water partition coefficient (Wildman–Crippen LogP) is 2.35. The molecule has 4 saturated heterocycles. The van der Waals surface area contributed by atoms with E-state index in [2.05, 4.69) is 9.80 Å². The third kappa shape index (κ3) is 1.67. The van der Waals surface area contributed by atoms with Crippen LogP contribution in [0.5, 0.6) is 0 Å². The van der Waals surface area contributed by atoms with Crippen molar-refractivity contribution < 1.29 is 0 Å². The van der Waals surface area contributed by atoms with E-state index < -0.39 is 0 Å². The zero-order chi connectivity index (χ0) is 11.2. The SMILES string of the molecule is C1CCN2C[C@@H]3CCCN4CCC[C@@H]([C@@H]34)[C@H]2C1. The Bertz CT molecular complexity index is 289. The maximum absolute atomic E-state index is 2.88. The van der Waals surface area contributed by atoms with Crippen LogP contribution in [0.4, 0.5) is 0 Å². The minimum atomic E-state index is 0.964. The van der Waals surface area contributed by atoms with Gasteiger partial charge in [0.15, 0.2) is 0 Å². The molecule has 2 heteroatoms. The third-order valence-corrected chi connectivity index (χ3v) is 5.97. The normalized spacial score (nSPS) is 47.3. The minimum absolute atomic E-state index is 0.964. The number of fused-ring (bicyclic) bond motifs is 2. The Morgan fingerprint density at radius 3 is 2.47 bits per heavy atom. The van der Waals surface area contributed by atoms with Gasteiger partial charge in [0.25, 0.3) is 0 Å². The molecule has 4 fully saturated rings. The second kappa shape index (κ2) is 4.24. The van der Waals surface area contributed by atoms with Crippen LogP contribution in [0.15, 0.2) is 0 Å². The second-order valence-electron chi connectivity index (χ2n) is 6.79. The van der Waals surface area contributed by atoms with Crippen LogP contribution in [0, 0.1) is 11.8 Å². The van der Waals surface area contributed by atoms with Crippen molar-refractivity contribution in [2.45, 2.75) is 57.0 Å². The lowest BCUT2D eigenvalue weighted by Crippen LogP contribution is -2.65. The maximum atomic E-state index is 2.88. The number of hydrogen-bond donors (Lipinski definition) is 0. The van der Waals surface area contributed by atoms with Gasteiger partial charge in [0.2, 0.25) is 0 Å². The summed E-state index contributed by atoms with van der Waals surface area (Å²) in [5, 5.41) is 0. The number of rotatable bonds is 0. The molecule has 4 rings (SSSR count). The molecule has 0 aromatic rings. The van der Waals surface area contributed by atoms with Gasteiger partial charge in [0.1, 0.15) is 0 Å². The molecular weight excluding hydrogens is 208 g/mol. The van der Waals surface area contributed by atoms with Gasteiger partial charge >= 0.3 is 0 Å². The zero-order valence-electron chi connectivity index (χ0n) is 11.0. The largest absolute Gasteiger partial charge is 0.300 e. The monoisotopic (exact) mass is 234 g/mol. The summed E-state index contributed by atoms with van der Waals surface area (Å²) in [5.41, 5.74) is 0. The van der Waals surface area contributed by atoms with E-state index in [0.29, 0.717) is 0 Å². The van der Waals surface area contributed by atoms with Crippen LogP contribution in [-0.4, -0.2) is 48.1 Å². The molecule has 0 bridgehead atoms. The van der Waals surface area contributed by atoms with Gasteiger partial charge in [-0.15, -0.1) is 0 Å². The smallest absolute Gasteiger partial charge is 0.0179 e. The van der Waals surface area contributed by atoms with Crippen LogP contribution >= 0.6 is 0 Å². The van der Waals surface area contributed by atoms with Crippen molar-refractivity contribution in [2.24, 2.45) is 11.8 Å². The van der Waals surface area contributed by atoms with Gasteiger partial charge in [-0.1, -0.05) is 6.42 Å². The summed E-state index contributed by atoms with van der Waals surface area (Å²) in [6, 6.07) is 1.95. The summed E-state index contributed by atoms with van der Waals surface area (Å²) in [7, 11) is 0. The molecule has 17 heavy (non-hydrogen) atoms. The van der Waals surface area contributed by atoms with Crippen molar-refractivity contribution in [1.29, 1.82) is 0 Å². The van der Waals surface area contributed by atoms with Crippen molar-refractivity contribution >= 4 is 0 Å². The van der Waals surface area contributed by atoms with Crippen molar-refractivity contribution in [2.75, 3.05) is 26.2 Å². The lowest BCUT2D eigenvalue weighted by molar-refractivity contribution is -0.0859. The van der Waals surface area contributed by atoms with Crippen molar-refractivity contribution in [1.82, 2.24) is 9.80 Å². The topological polar surface area (TPSA) is 6.48 Å². The molecule has 0 unspecified atom stereocenters. The first-order chi connectivity index (χ1) is 8.43. The molecule has 0 radical (unpaired) electrons. The molecular formula is C15H26N2. The Morgan fingerprint density at radius 1 is 0.706 bits per heavy atom. The second-order valence-corrected chi connectivity index (χ2v) is 6.79. The zero-order valence-corrected chi connectivity index (χ0v) is 11.0. The Kier molecular flexibility index (Phi) is 2.69. The Hall–Kier alpha value is -0.0800. The standard InChI is InChI=1S/C15H26N2/c1-2-8-17-11-12-5-3-9-16-10-4-6-13(15(12)16)14(17)7-1/h12-15H,1-11H2/t12-,13+,14+,15+/m0/s1. The van der Waals surface area contributed by atoms with E-state index in [1.54, 1.807) is 0 Å². The van der Waals surface area contributed by atoms with Gasteiger partial charge in [0, 0.05) is 18.6 Å². The van der Waals surface area contributed by atoms with Gasteiger partial charge in [0.05, 0.1) is 0 Å². The summed E-state index contributed by atoms with van der Waals surface area (Å²) in [5.74, 6) is 2.05. The Labute approximate surface area is 105 Å². The minimum Gasteiger partial charge on any atom is -0.300 e. The van der Waals surface area contributed by atoms with Crippen LogP contribution in [0.2, 0.25) is 0 Å². The molecule has 4 heterocycles. The molecule has 96 valence electrons. The first kappa shape index (κ1) is 10.8. The van der Waals surface area contributed by atoms with Crippen LogP contribution in [0.1, 0.15) is 44.9 Å². The van der Waals surface area contributed by atoms with E-state index in [4.69, 9.17) is 0 Å². The molecule has 0 aromatic carbocycles. The van der Waals surface area contributed by atoms with Crippen LogP contribution in [0.25, 0.3) is 0 Å². The molecule has 4 aliphatic rings. The fourth-order valence-corrected chi connectivity index (χ4v) is 5.41. The fraction of sp³-hybridized carbons (Fsp3) is 1.00. The first-order valence-electron chi connectivity index (χ1n) is 7.91. The van der Waals surface area contributed by atoms with Gasteiger partial charge < -0.3 is 0 Å². The van der Waals surface area contributed by atoms with E-state index in [1.165, 1.54) is 71.1 Å². The molecule has 0 N–H and O–H groups in total. The first-order valence-corrected chi connectivity index (χ1v) is 7.91. The average molecular weight is 234 g/mol. The number of hydrogen-bond acceptors (Lipinski definition) is 2. The van der Waals surface area contributed by atoms with Gasteiger partial charge in [-0.3, -0.25) is 9.80 Å². The molecule has 0 amide bonds. The van der Waals surface area contributed by atoms with Crippen molar-refractivity contribution in [3.63, 3.8) is 0 Å². The Morgan fingerprint density at radius 2 is 1.53 bits per heavy atom. The fourth-order valence-electron chi connectivity index (χ4n) is 5.41. The van der Waals surface area contributed by atoms with E-state index in [9.17, 15) is 0 Å². The van der Waals surface area contributed by atoms with E-state index in [0.717, 1.165) is 23.9 Å². The highest BCUT2D eigenvalue weighted by Crippen LogP contribution is 2.44. The highest BCUT2D eigenvalue weighted by molar-refractivity contribution is 5.03. The molecule has 0 aromatic heterocycles. The third-order valence-electron chi connectivity index (χ3n) is 5.97. The van der Waals surface area contributed by atoms with Crippen LogP contribution in [0.3, 0.4) is 0 Å². The molecule has 4 atom stereocenters. The number of piperidine rings is 4. The van der Waals surface area contributed by atoms with Gasteiger partial charge in [-0.25, -0.2) is 0 Å². The summed E-state index contributed by atoms with van der Waals surface area (Å²) < 4.78 is 0. The van der Waals surface area contributed by atoms with Gasteiger partial charge in [-0.2, -0.15) is 0 Å². The van der Waals surface area contributed by atoms with Crippen LogP contribution in [-0.2, 0) is 0 Å². The van der Waals surface area contributed by atoms with E-state index in [-0.39, 0.29) is 0 Å². The molecule has 0 spiro atoms. The average Bonchev–Trinajstić information content (AvgIpc) is 2.39. The van der Waals surface area contributed by atoms with Crippen LogP contribution < -0.4 is 0 Å². The van der Waals surface area contributed by atoms with Crippen molar-refractivity contribution in [3.05, 3.63) is 0 Å². The summed E-state index contributed by atoms with van der Waals surface area (Å²) in [6.45, 7) is 5.65. The highest BCUT2D eigenvalue weighted by Gasteiger charge is 2.48. The molecule has 4 aliphatic heterocycles. The van der Waals surface area contributed by atoms with Crippen molar-refractivity contribution in [3.8, 4) is 0 Å². The summed E-state index contributed by atoms with van der Waals surface area (Å²) >= 11 is 0. The summed E-state index contributed by atoms with van der Waals surface area (Å²) in [6.07, 6.45) is 10.4. The Balaban J connectivity index is 1.63. The highest BCUT2D eigenvalue weighted by atomic mass is 15.3. The van der Waals surface area contributed by atoms with E-state index in [1.807, 2.05) is 0 Å². The predicted molar refractivity (Wildman–Crippen MR) is 70.0 cm³/mol. The maximum Gasteiger partial charge on any atom is 0.0179 e. The quantitative estimate of drug-likeness (QED) is 0.635. The van der Waals surface area contributed by atoms with Gasteiger partial charge in [-0.05, 0) is 70.0 Å². The number of nitrogens with zero attached hydrogens (tertiary/aromatic N) is 2. The molecule has 2 nitrogen and oxygen atoms in total. The lowest BCUT2D eigenvalue weighted by Gasteiger charge is -2.58.